The van der Waals surface area contributed by atoms with Crippen LogP contribution in [-0.2, 0) is 16.1 Å². The summed E-state index contributed by atoms with van der Waals surface area (Å²) >= 11 is 0. The van der Waals surface area contributed by atoms with Crippen molar-refractivity contribution in [1.29, 1.82) is 0 Å². The first-order valence-electron chi connectivity index (χ1n) is 12.5. The molecule has 0 bridgehead atoms. The average molecular weight is 429 g/mol. The van der Waals surface area contributed by atoms with Crippen molar-refractivity contribution in [3.05, 3.63) is 35.9 Å². The summed E-state index contributed by atoms with van der Waals surface area (Å²) in [5.74, 6) is 1.62. The molecule has 0 aliphatic heterocycles. The minimum atomic E-state index is -0.329. The first-order chi connectivity index (χ1) is 14.7. The largest absolute Gasteiger partial charge is 0.396 e. The molecule has 0 heterocycles. The molecule has 3 nitrogen and oxygen atoms in total. The normalized spacial score (nSPS) is 41.9. The fourth-order valence-corrected chi connectivity index (χ4v) is 8.55. The molecular formula is C28H44O3. The van der Waals surface area contributed by atoms with Gasteiger partial charge in [-0.1, -0.05) is 64.4 Å². The molecule has 4 rings (SSSR count). The minimum absolute atomic E-state index is 0.125. The maximum atomic E-state index is 10.6. The Kier molecular flexibility index (Phi) is 6.35. The molecule has 0 amide bonds. The standard InChI is InChI=1S/C28H44O3/c1-25(2)14-9-15-26(3)22(25)12-16-27(4)23(26)13-17-28(5,24(27)18-29)31-20-30-19-21-10-7-6-8-11-21/h6-8,10-11,22-24,29H,9,12-20H2,1-5H3/t22-,23+,24-,26-,27+,28-/m0/s1. The molecule has 174 valence electrons. The van der Waals surface area contributed by atoms with Crippen molar-refractivity contribution in [2.45, 2.75) is 91.8 Å². The number of ether oxygens (including phenoxy) is 2. The molecule has 3 fully saturated rings. The zero-order valence-electron chi connectivity index (χ0n) is 20.5. The molecule has 0 unspecified atom stereocenters. The van der Waals surface area contributed by atoms with Gasteiger partial charge in [0.1, 0.15) is 6.79 Å². The van der Waals surface area contributed by atoms with Gasteiger partial charge in [0.25, 0.3) is 0 Å². The molecule has 0 spiro atoms. The molecule has 31 heavy (non-hydrogen) atoms. The number of fused-ring (bicyclic) bond motifs is 3. The molecule has 0 radical (unpaired) electrons. The highest BCUT2D eigenvalue weighted by Gasteiger charge is 2.64. The van der Waals surface area contributed by atoms with Crippen LogP contribution in [0.1, 0.15) is 85.1 Å². The summed E-state index contributed by atoms with van der Waals surface area (Å²) in [7, 11) is 0. The maximum absolute atomic E-state index is 10.6. The maximum Gasteiger partial charge on any atom is 0.147 e. The van der Waals surface area contributed by atoms with E-state index in [1.807, 2.05) is 18.2 Å². The van der Waals surface area contributed by atoms with Crippen molar-refractivity contribution in [2.24, 2.45) is 34.0 Å². The molecule has 3 aliphatic carbocycles. The highest BCUT2D eigenvalue weighted by molar-refractivity contribution is 5.14. The summed E-state index contributed by atoms with van der Waals surface area (Å²) in [6.45, 7) is 13.3. The average Bonchev–Trinajstić information content (AvgIpc) is 2.71. The molecule has 3 heteroatoms. The summed E-state index contributed by atoms with van der Waals surface area (Å²) < 4.78 is 12.3. The number of hydrogen-bond acceptors (Lipinski definition) is 3. The number of aliphatic hydroxyl groups excluding tert-OH is 1. The van der Waals surface area contributed by atoms with Crippen molar-refractivity contribution in [3.63, 3.8) is 0 Å². The number of hydrogen-bond donors (Lipinski definition) is 1. The quantitative estimate of drug-likeness (QED) is 0.410. The predicted octanol–water partition coefficient (Wildman–Crippen LogP) is 6.59. The fourth-order valence-electron chi connectivity index (χ4n) is 8.55. The Morgan fingerprint density at radius 1 is 0.871 bits per heavy atom. The fraction of sp³-hybridized carbons (Fsp3) is 0.786. The van der Waals surface area contributed by atoms with E-state index in [0.717, 1.165) is 17.9 Å². The van der Waals surface area contributed by atoms with E-state index in [2.05, 4.69) is 46.8 Å². The molecule has 0 saturated heterocycles. The summed E-state index contributed by atoms with van der Waals surface area (Å²) in [5.41, 5.74) is 1.78. The van der Waals surface area contributed by atoms with Gasteiger partial charge in [-0.05, 0) is 79.1 Å². The Balaban J connectivity index is 1.48. The highest BCUT2D eigenvalue weighted by Crippen LogP contribution is 2.69. The second kappa shape index (κ2) is 8.47. The Morgan fingerprint density at radius 3 is 2.29 bits per heavy atom. The monoisotopic (exact) mass is 428 g/mol. The van der Waals surface area contributed by atoms with Crippen LogP contribution >= 0.6 is 0 Å². The zero-order valence-corrected chi connectivity index (χ0v) is 20.5. The van der Waals surface area contributed by atoms with E-state index in [0.29, 0.717) is 23.4 Å². The molecule has 1 aromatic rings. The van der Waals surface area contributed by atoms with Crippen LogP contribution in [0.5, 0.6) is 0 Å². The Bertz CT molecular complexity index is 746. The Morgan fingerprint density at radius 2 is 1.58 bits per heavy atom. The van der Waals surface area contributed by atoms with Gasteiger partial charge in [-0.15, -0.1) is 0 Å². The van der Waals surface area contributed by atoms with Crippen LogP contribution in [0, 0.1) is 34.0 Å². The van der Waals surface area contributed by atoms with Gasteiger partial charge in [0.2, 0.25) is 0 Å². The summed E-state index contributed by atoms with van der Waals surface area (Å²) in [4.78, 5) is 0. The highest BCUT2D eigenvalue weighted by atomic mass is 16.7. The lowest BCUT2D eigenvalue weighted by molar-refractivity contribution is -0.251. The molecule has 6 atom stereocenters. The molecular weight excluding hydrogens is 384 g/mol. The third kappa shape index (κ3) is 4.00. The van der Waals surface area contributed by atoms with E-state index in [-0.39, 0.29) is 30.3 Å². The van der Waals surface area contributed by atoms with Crippen LogP contribution in [-0.4, -0.2) is 24.1 Å². The van der Waals surface area contributed by atoms with E-state index in [4.69, 9.17) is 9.47 Å². The van der Waals surface area contributed by atoms with Crippen LogP contribution < -0.4 is 0 Å². The van der Waals surface area contributed by atoms with Crippen LogP contribution in [0.15, 0.2) is 30.3 Å². The van der Waals surface area contributed by atoms with Crippen molar-refractivity contribution < 1.29 is 14.6 Å². The van der Waals surface area contributed by atoms with Crippen LogP contribution in [0.25, 0.3) is 0 Å². The van der Waals surface area contributed by atoms with Crippen molar-refractivity contribution in [2.75, 3.05) is 13.4 Å². The van der Waals surface area contributed by atoms with Gasteiger partial charge in [0.05, 0.1) is 12.2 Å². The van der Waals surface area contributed by atoms with Gasteiger partial charge < -0.3 is 14.6 Å². The van der Waals surface area contributed by atoms with Gasteiger partial charge in [-0.25, -0.2) is 0 Å². The lowest BCUT2D eigenvalue weighted by atomic mass is 9.38. The van der Waals surface area contributed by atoms with Gasteiger partial charge in [0.15, 0.2) is 0 Å². The first-order valence-corrected chi connectivity index (χ1v) is 12.5. The smallest absolute Gasteiger partial charge is 0.147 e. The lowest BCUT2D eigenvalue weighted by Crippen LogP contribution is -2.63. The Hall–Kier alpha value is -0.900. The van der Waals surface area contributed by atoms with Crippen LogP contribution in [0.2, 0.25) is 0 Å². The van der Waals surface area contributed by atoms with Gasteiger partial charge in [-0.2, -0.15) is 0 Å². The van der Waals surface area contributed by atoms with Crippen molar-refractivity contribution in [3.8, 4) is 0 Å². The molecule has 3 aliphatic rings. The van der Waals surface area contributed by atoms with Crippen LogP contribution in [0.4, 0.5) is 0 Å². The van der Waals surface area contributed by atoms with Gasteiger partial charge in [-0.3, -0.25) is 0 Å². The first kappa shape index (κ1) is 23.3. The third-order valence-electron chi connectivity index (χ3n) is 10.1. The van der Waals surface area contributed by atoms with E-state index < -0.39 is 0 Å². The van der Waals surface area contributed by atoms with Gasteiger partial charge >= 0.3 is 0 Å². The topological polar surface area (TPSA) is 38.7 Å². The summed E-state index contributed by atoms with van der Waals surface area (Å²) in [6, 6.07) is 10.3. The van der Waals surface area contributed by atoms with Crippen molar-refractivity contribution >= 4 is 0 Å². The number of benzene rings is 1. The SMILES string of the molecule is CC1(C)CCC[C@]2(C)[C@H]3CC[C@](C)(OCOCc4ccccc4)[C@@H](CO)[C@]3(C)CC[C@@H]12. The summed E-state index contributed by atoms with van der Waals surface area (Å²) in [5, 5.41) is 10.6. The molecule has 3 saturated carbocycles. The zero-order chi connectivity index (χ0) is 22.3. The van der Waals surface area contributed by atoms with E-state index in [1.54, 1.807) is 0 Å². The lowest BCUT2D eigenvalue weighted by Gasteiger charge is -2.67. The molecule has 0 aromatic heterocycles. The van der Waals surface area contributed by atoms with Gasteiger partial charge in [0, 0.05) is 12.5 Å². The Labute approximate surface area is 189 Å². The molecule has 1 N–H and O–H groups in total. The second-order valence-corrected chi connectivity index (χ2v) is 12.2. The van der Waals surface area contributed by atoms with E-state index >= 15 is 0 Å². The number of rotatable bonds is 6. The van der Waals surface area contributed by atoms with E-state index in [9.17, 15) is 5.11 Å². The van der Waals surface area contributed by atoms with E-state index in [1.165, 1.54) is 38.5 Å². The molecule has 1 aromatic carbocycles. The van der Waals surface area contributed by atoms with Crippen LogP contribution in [0.3, 0.4) is 0 Å². The minimum Gasteiger partial charge on any atom is -0.396 e. The predicted molar refractivity (Wildman–Crippen MR) is 125 cm³/mol. The van der Waals surface area contributed by atoms with Crippen molar-refractivity contribution in [1.82, 2.24) is 0 Å². The number of aliphatic hydroxyl groups is 1. The third-order valence-corrected chi connectivity index (χ3v) is 10.1. The second-order valence-electron chi connectivity index (χ2n) is 12.2. The summed E-state index contributed by atoms with van der Waals surface area (Å²) in [6.07, 6.45) is 8.75.